The maximum Gasteiger partial charge on any atom is 0.263 e. The van der Waals surface area contributed by atoms with E-state index in [0.29, 0.717) is 30.1 Å². The molecule has 0 spiro atoms. The van der Waals surface area contributed by atoms with E-state index in [2.05, 4.69) is 22.5 Å². The maximum atomic E-state index is 12.8. The Morgan fingerprint density at radius 1 is 1.38 bits per heavy atom. The van der Waals surface area contributed by atoms with Crippen molar-refractivity contribution in [2.24, 2.45) is 0 Å². The number of piperidine rings is 1. The van der Waals surface area contributed by atoms with E-state index in [1.165, 1.54) is 17.4 Å². The number of hydrogen-bond acceptors (Lipinski definition) is 5. The molecule has 7 nitrogen and oxygen atoms in total. The van der Waals surface area contributed by atoms with Gasteiger partial charge in [-0.25, -0.2) is 0 Å². The van der Waals surface area contributed by atoms with Crippen LogP contribution in [0.5, 0.6) is 0 Å². The lowest BCUT2D eigenvalue weighted by Gasteiger charge is -2.32. The van der Waals surface area contributed by atoms with E-state index >= 15 is 0 Å². The highest BCUT2D eigenvalue weighted by Crippen LogP contribution is 2.37. The topological polar surface area (TPSA) is 90.5 Å². The Kier molecular flexibility index (Phi) is 5.27. The van der Waals surface area contributed by atoms with Crippen LogP contribution in [0.2, 0.25) is 0 Å². The number of likely N-dealkylation sites (tertiary alicyclic amines) is 1. The second-order valence-corrected chi connectivity index (χ2v) is 8.63. The molecule has 3 heterocycles. The van der Waals surface area contributed by atoms with Gasteiger partial charge < -0.3 is 20.9 Å². The normalized spacial score (nSPS) is 21.6. The highest BCUT2D eigenvalue weighted by atomic mass is 32.1. The number of anilines is 1. The number of carbonyl (C=O) groups is 3. The largest absolute Gasteiger partial charge is 0.381 e. The number of nitrogens with zero attached hydrogens (tertiary/aromatic N) is 1. The third kappa shape index (κ3) is 3.85. The van der Waals surface area contributed by atoms with E-state index in [9.17, 15) is 14.4 Å². The van der Waals surface area contributed by atoms with Gasteiger partial charge in [0.2, 0.25) is 5.91 Å². The third-order valence-corrected chi connectivity index (χ3v) is 6.53. The summed E-state index contributed by atoms with van der Waals surface area (Å²) in [4.78, 5) is 39.5. The summed E-state index contributed by atoms with van der Waals surface area (Å²) in [5, 5.41) is 10.2. The van der Waals surface area contributed by atoms with Gasteiger partial charge in [0.25, 0.3) is 11.8 Å². The van der Waals surface area contributed by atoms with Gasteiger partial charge in [-0.05, 0) is 44.0 Å². The van der Waals surface area contributed by atoms with Crippen molar-refractivity contribution in [2.45, 2.75) is 31.8 Å². The van der Waals surface area contributed by atoms with Crippen LogP contribution >= 0.6 is 11.3 Å². The molecular weight excluding hydrogens is 388 g/mol. The predicted octanol–water partition coefficient (Wildman–Crippen LogP) is 2.35. The van der Waals surface area contributed by atoms with Crippen LogP contribution in [0.3, 0.4) is 0 Å². The van der Waals surface area contributed by atoms with Gasteiger partial charge in [-0.3, -0.25) is 14.4 Å². The van der Waals surface area contributed by atoms with Crippen LogP contribution in [-0.4, -0.2) is 54.3 Å². The van der Waals surface area contributed by atoms with Crippen molar-refractivity contribution in [3.63, 3.8) is 0 Å². The predicted molar refractivity (Wildman–Crippen MR) is 115 cm³/mol. The van der Waals surface area contributed by atoms with Gasteiger partial charge in [0.05, 0.1) is 5.69 Å². The molecule has 2 aliphatic heterocycles. The second-order valence-electron chi connectivity index (χ2n) is 7.57. The SMILES string of the molecule is C=CC(=O)N1CCCC(NC(=O)c2ccc3sc4c(c3c2)NC[C@@H](C)NC4=O)C1. The van der Waals surface area contributed by atoms with E-state index in [1.54, 1.807) is 11.0 Å². The maximum absolute atomic E-state index is 12.8. The van der Waals surface area contributed by atoms with Crippen molar-refractivity contribution in [1.82, 2.24) is 15.5 Å². The van der Waals surface area contributed by atoms with Crippen molar-refractivity contribution in [3.05, 3.63) is 41.3 Å². The molecule has 0 bridgehead atoms. The van der Waals surface area contributed by atoms with Crippen LogP contribution in [-0.2, 0) is 4.79 Å². The van der Waals surface area contributed by atoms with Crippen LogP contribution in [0.25, 0.3) is 10.1 Å². The van der Waals surface area contributed by atoms with Crippen LogP contribution in [0.1, 0.15) is 39.8 Å². The Bertz CT molecular complexity index is 999. The van der Waals surface area contributed by atoms with Gasteiger partial charge in [-0.1, -0.05) is 6.58 Å². The summed E-state index contributed by atoms with van der Waals surface area (Å²) in [7, 11) is 0. The molecule has 4 rings (SSSR count). The fraction of sp³-hybridized carbons (Fsp3) is 0.381. The molecule has 0 saturated carbocycles. The molecule has 2 aromatic rings. The Morgan fingerprint density at radius 2 is 2.21 bits per heavy atom. The number of fused-ring (bicyclic) bond motifs is 3. The number of rotatable bonds is 3. The van der Waals surface area contributed by atoms with Crippen molar-refractivity contribution in [3.8, 4) is 0 Å². The molecule has 1 aromatic carbocycles. The highest BCUT2D eigenvalue weighted by molar-refractivity contribution is 7.21. The molecular formula is C21H24N4O3S. The number of benzene rings is 1. The molecule has 1 fully saturated rings. The van der Waals surface area contributed by atoms with Gasteiger partial charge in [-0.15, -0.1) is 11.3 Å². The lowest BCUT2D eigenvalue weighted by atomic mass is 10.0. The van der Waals surface area contributed by atoms with E-state index in [4.69, 9.17) is 0 Å². The van der Waals surface area contributed by atoms with Gasteiger partial charge in [0, 0.05) is 47.4 Å². The van der Waals surface area contributed by atoms with Crippen molar-refractivity contribution in [2.75, 3.05) is 25.0 Å². The third-order valence-electron chi connectivity index (χ3n) is 5.36. The van der Waals surface area contributed by atoms with Crippen LogP contribution in [0.4, 0.5) is 5.69 Å². The first-order chi connectivity index (χ1) is 14.0. The summed E-state index contributed by atoms with van der Waals surface area (Å²) in [5.41, 5.74) is 1.34. The minimum Gasteiger partial charge on any atom is -0.381 e. The van der Waals surface area contributed by atoms with E-state index in [1.807, 2.05) is 19.1 Å². The standard InChI is InChI=1S/C21H24N4O3S/c1-3-17(26)25-8-4-5-14(11-25)24-20(27)13-6-7-16-15(9-13)18-19(29-16)21(28)23-12(2)10-22-18/h3,6-7,9,12,14,22H,1,4-5,8,10-11H2,2H3,(H,23,28)(H,24,27)/t12-,14?/m1/s1. The average molecular weight is 413 g/mol. The van der Waals surface area contributed by atoms with Gasteiger partial charge in [0.15, 0.2) is 0 Å². The molecule has 1 unspecified atom stereocenters. The summed E-state index contributed by atoms with van der Waals surface area (Å²) in [6.45, 7) is 7.30. The Balaban J connectivity index is 1.55. The van der Waals surface area contributed by atoms with Gasteiger partial charge in [0.1, 0.15) is 4.88 Å². The zero-order valence-corrected chi connectivity index (χ0v) is 17.1. The summed E-state index contributed by atoms with van der Waals surface area (Å²) in [6.07, 6.45) is 2.99. The fourth-order valence-corrected chi connectivity index (χ4v) is 4.93. The summed E-state index contributed by atoms with van der Waals surface area (Å²) in [5.74, 6) is -0.361. The minimum atomic E-state index is -0.170. The Hall–Kier alpha value is -2.87. The molecule has 2 aliphatic rings. The lowest BCUT2D eigenvalue weighted by Crippen LogP contribution is -2.49. The number of amides is 3. The number of nitrogens with one attached hydrogen (secondary N) is 3. The van der Waals surface area contributed by atoms with Crippen LogP contribution in [0, 0.1) is 0 Å². The molecule has 3 N–H and O–H groups in total. The van der Waals surface area contributed by atoms with Gasteiger partial charge in [-0.2, -0.15) is 0 Å². The monoisotopic (exact) mass is 412 g/mol. The molecule has 0 radical (unpaired) electrons. The molecule has 152 valence electrons. The zero-order chi connectivity index (χ0) is 20.5. The zero-order valence-electron chi connectivity index (χ0n) is 16.3. The number of thiophene rings is 1. The van der Waals surface area contributed by atoms with Crippen molar-refractivity contribution < 1.29 is 14.4 Å². The quantitative estimate of drug-likeness (QED) is 0.675. The molecule has 0 aliphatic carbocycles. The molecule has 1 aromatic heterocycles. The first-order valence-electron chi connectivity index (χ1n) is 9.79. The lowest BCUT2D eigenvalue weighted by molar-refractivity contribution is -0.127. The highest BCUT2D eigenvalue weighted by Gasteiger charge is 2.26. The van der Waals surface area contributed by atoms with E-state index in [0.717, 1.165) is 28.6 Å². The van der Waals surface area contributed by atoms with E-state index < -0.39 is 0 Å². The van der Waals surface area contributed by atoms with Crippen molar-refractivity contribution in [1.29, 1.82) is 0 Å². The first kappa shape index (κ1) is 19.4. The van der Waals surface area contributed by atoms with Crippen LogP contribution < -0.4 is 16.0 Å². The second kappa shape index (κ2) is 7.87. The molecule has 1 saturated heterocycles. The Labute approximate surface area is 173 Å². The first-order valence-corrected chi connectivity index (χ1v) is 10.6. The molecule has 29 heavy (non-hydrogen) atoms. The molecule has 8 heteroatoms. The average Bonchev–Trinajstić information content (AvgIpc) is 3.02. The number of hydrogen-bond donors (Lipinski definition) is 3. The molecule has 3 amide bonds. The van der Waals surface area contributed by atoms with E-state index in [-0.39, 0.29) is 29.8 Å². The summed E-state index contributed by atoms with van der Waals surface area (Å²) < 4.78 is 0.962. The fourth-order valence-electron chi connectivity index (χ4n) is 3.86. The van der Waals surface area contributed by atoms with Crippen molar-refractivity contribution >= 4 is 44.8 Å². The van der Waals surface area contributed by atoms with Crippen LogP contribution in [0.15, 0.2) is 30.9 Å². The summed E-state index contributed by atoms with van der Waals surface area (Å²) >= 11 is 1.43. The van der Waals surface area contributed by atoms with Gasteiger partial charge >= 0.3 is 0 Å². The smallest absolute Gasteiger partial charge is 0.263 e. The Morgan fingerprint density at radius 3 is 3.00 bits per heavy atom. The summed E-state index contributed by atoms with van der Waals surface area (Å²) in [6, 6.07) is 5.46. The molecule has 2 atom stereocenters. The number of carbonyl (C=O) groups excluding carboxylic acids is 3. The minimum absolute atomic E-state index is 0.0381.